The van der Waals surface area contributed by atoms with Crippen molar-refractivity contribution >= 4 is 9.84 Å². The van der Waals surface area contributed by atoms with Crippen LogP contribution in [0.3, 0.4) is 0 Å². The van der Waals surface area contributed by atoms with Gasteiger partial charge in [0.25, 0.3) is 6.43 Å². The molecule has 0 unspecified atom stereocenters. The molecule has 1 spiro atoms. The first-order valence-corrected chi connectivity index (χ1v) is 12.3. The molecule has 11 heteroatoms. The fourth-order valence-electron chi connectivity index (χ4n) is 5.76. The average molecular weight is 465 g/mol. The second kappa shape index (κ2) is 6.52. The SMILES string of the molecule is C[C@@H](C(F)F)n1nc(C(F)(F)F)cc1[C@]12CC1=C[C@@H](N1CCC3(CC1)CS(=O)(=O)C3)C2. The van der Waals surface area contributed by atoms with Gasteiger partial charge in [-0.05, 0) is 51.8 Å². The van der Waals surface area contributed by atoms with E-state index in [4.69, 9.17) is 0 Å². The van der Waals surface area contributed by atoms with Crippen molar-refractivity contribution in [3.8, 4) is 0 Å². The smallest absolute Gasteiger partial charge is 0.297 e. The van der Waals surface area contributed by atoms with Crippen LogP contribution < -0.4 is 0 Å². The number of rotatable bonds is 4. The van der Waals surface area contributed by atoms with E-state index in [0.717, 1.165) is 42.3 Å². The number of hydrogen-bond acceptors (Lipinski definition) is 4. The van der Waals surface area contributed by atoms with Crippen LogP contribution in [-0.2, 0) is 21.4 Å². The zero-order chi connectivity index (χ0) is 22.4. The molecule has 31 heavy (non-hydrogen) atoms. The van der Waals surface area contributed by atoms with E-state index in [1.165, 1.54) is 6.92 Å². The second-order valence-electron chi connectivity index (χ2n) is 9.72. The van der Waals surface area contributed by atoms with Crippen LogP contribution in [0.4, 0.5) is 22.0 Å². The molecule has 4 aliphatic rings. The lowest BCUT2D eigenvalue weighted by Crippen LogP contribution is -2.55. The van der Waals surface area contributed by atoms with Crippen LogP contribution in [0.25, 0.3) is 0 Å². The van der Waals surface area contributed by atoms with E-state index in [0.29, 0.717) is 12.8 Å². The molecule has 1 aromatic heterocycles. The minimum Gasteiger partial charge on any atom is -0.297 e. The second-order valence-corrected chi connectivity index (χ2v) is 11.8. The Morgan fingerprint density at radius 3 is 2.39 bits per heavy atom. The van der Waals surface area contributed by atoms with Crippen molar-refractivity contribution in [2.24, 2.45) is 5.41 Å². The lowest BCUT2D eigenvalue weighted by Gasteiger charge is -2.48. The molecule has 3 atom stereocenters. The van der Waals surface area contributed by atoms with Crippen molar-refractivity contribution in [3.63, 3.8) is 0 Å². The molecule has 3 fully saturated rings. The van der Waals surface area contributed by atoms with Gasteiger partial charge < -0.3 is 0 Å². The summed E-state index contributed by atoms with van der Waals surface area (Å²) in [7, 11) is -2.90. The van der Waals surface area contributed by atoms with Crippen LogP contribution in [0.5, 0.6) is 0 Å². The number of sulfone groups is 1. The van der Waals surface area contributed by atoms with Crippen LogP contribution in [-0.4, -0.2) is 60.2 Å². The highest BCUT2D eigenvalue weighted by Gasteiger charge is 2.59. The molecule has 172 valence electrons. The largest absolute Gasteiger partial charge is 0.435 e. The Labute approximate surface area is 177 Å². The standard InChI is InChI=1S/C20H24F5N3O2S/c1-12(17(21)22)28-16(7-15(26-28)20(23,24)25)19-8-13(19)6-14(9-19)27-4-2-18(3-5-27)10-31(29,30)11-18/h6-7,12,14,17H,2-5,8-11H2,1H3/t12-,14+,19-/m0/s1. The molecule has 1 saturated carbocycles. The van der Waals surface area contributed by atoms with E-state index in [-0.39, 0.29) is 28.7 Å². The quantitative estimate of drug-likeness (QED) is 0.504. The maximum absolute atomic E-state index is 13.4. The summed E-state index contributed by atoms with van der Waals surface area (Å²) >= 11 is 0. The van der Waals surface area contributed by atoms with Gasteiger partial charge in [0.2, 0.25) is 0 Å². The van der Waals surface area contributed by atoms with Gasteiger partial charge in [-0.25, -0.2) is 17.2 Å². The van der Waals surface area contributed by atoms with E-state index < -0.39 is 39.6 Å². The van der Waals surface area contributed by atoms with Crippen LogP contribution in [0.1, 0.15) is 50.0 Å². The van der Waals surface area contributed by atoms with Crippen molar-refractivity contribution in [1.82, 2.24) is 14.7 Å². The molecule has 2 saturated heterocycles. The van der Waals surface area contributed by atoms with Gasteiger partial charge >= 0.3 is 6.18 Å². The normalized spacial score (nSPS) is 32.6. The first-order valence-electron chi connectivity index (χ1n) is 10.5. The minimum atomic E-state index is -4.69. The molecule has 0 bridgehead atoms. The summed E-state index contributed by atoms with van der Waals surface area (Å²) in [6.45, 7) is 2.66. The number of allylic oxidation sites excluding steroid dienone is 1. The Balaban J connectivity index is 1.35. The molecular weight excluding hydrogens is 441 g/mol. The van der Waals surface area contributed by atoms with E-state index in [1.807, 2.05) is 0 Å². The molecule has 1 aromatic rings. The van der Waals surface area contributed by atoms with E-state index in [9.17, 15) is 30.4 Å². The third-order valence-electron chi connectivity index (χ3n) is 7.58. The molecule has 5 nitrogen and oxygen atoms in total. The first-order chi connectivity index (χ1) is 14.3. The Kier molecular flexibility index (Phi) is 4.50. The van der Waals surface area contributed by atoms with Gasteiger partial charge in [0.1, 0.15) is 6.04 Å². The highest BCUT2D eigenvalue weighted by Crippen LogP contribution is 2.62. The van der Waals surface area contributed by atoms with Crippen LogP contribution >= 0.6 is 0 Å². The number of alkyl halides is 5. The number of halogens is 5. The van der Waals surface area contributed by atoms with E-state index in [2.05, 4.69) is 16.1 Å². The highest BCUT2D eigenvalue weighted by atomic mass is 32.2. The molecule has 0 amide bonds. The molecule has 0 aromatic carbocycles. The van der Waals surface area contributed by atoms with Gasteiger partial charge in [-0.2, -0.15) is 18.3 Å². The Hall–Kier alpha value is -1.49. The Morgan fingerprint density at radius 2 is 1.84 bits per heavy atom. The summed E-state index contributed by atoms with van der Waals surface area (Å²) in [6.07, 6.45) is -2.76. The minimum absolute atomic E-state index is 0.0253. The number of likely N-dealkylation sites (tertiary alicyclic amines) is 1. The van der Waals surface area contributed by atoms with Gasteiger partial charge in [-0.15, -0.1) is 0 Å². The summed E-state index contributed by atoms with van der Waals surface area (Å²) in [6, 6.07) is -0.485. The molecule has 2 aliphatic heterocycles. The molecule has 3 heterocycles. The van der Waals surface area contributed by atoms with Crippen LogP contribution in [0.2, 0.25) is 0 Å². The number of piperidine rings is 1. The molecule has 0 radical (unpaired) electrons. The average Bonchev–Trinajstić information content (AvgIpc) is 3.02. The van der Waals surface area contributed by atoms with Crippen molar-refractivity contribution in [2.45, 2.75) is 62.7 Å². The van der Waals surface area contributed by atoms with Gasteiger partial charge in [-0.3, -0.25) is 9.58 Å². The topological polar surface area (TPSA) is 55.2 Å². The van der Waals surface area contributed by atoms with Crippen molar-refractivity contribution in [3.05, 3.63) is 29.1 Å². The van der Waals surface area contributed by atoms with Crippen LogP contribution in [0, 0.1) is 5.41 Å². The zero-order valence-electron chi connectivity index (χ0n) is 17.0. The number of fused-ring (bicyclic) bond motifs is 1. The number of hydrogen-bond donors (Lipinski definition) is 0. The lowest BCUT2D eigenvalue weighted by atomic mass is 9.80. The lowest BCUT2D eigenvalue weighted by molar-refractivity contribution is -0.141. The summed E-state index contributed by atoms with van der Waals surface area (Å²) in [5, 5.41) is 3.52. The fourth-order valence-corrected chi connectivity index (χ4v) is 8.12. The van der Waals surface area contributed by atoms with Gasteiger partial charge in [0, 0.05) is 16.9 Å². The first kappa shape index (κ1) is 21.4. The summed E-state index contributed by atoms with van der Waals surface area (Å²) in [4.78, 5) is 2.25. The molecule has 0 N–H and O–H groups in total. The van der Waals surface area contributed by atoms with Gasteiger partial charge in [0.05, 0.1) is 17.2 Å². The van der Waals surface area contributed by atoms with Crippen molar-refractivity contribution < 1.29 is 30.4 Å². The Bertz CT molecular complexity index is 1030. The summed E-state index contributed by atoms with van der Waals surface area (Å²) < 4.78 is 90.6. The van der Waals surface area contributed by atoms with E-state index in [1.54, 1.807) is 0 Å². The molecule has 5 rings (SSSR count). The third-order valence-corrected chi connectivity index (χ3v) is 9.68. The number of aromatic nitrogens is 2. The monoisotopic (exact) mass is 465 g/mol. The van der Waals surface area contributed by atoms with Crippen molar-refractivity contribution in [2.75, 3.05) is 24.6 Å². The fraction of sp³-hybridized carbons (Fsp3) is 0.750. The molecular formula is C20H24F5N3O2S. The summed E-state index contributed by atoms with van der Waals surface area (Å²) in [5.74, 6) is 0.489. The van der Waals surface area contributed by atoms with Crippen molar-refractivity contribution in [1.29, 1.82) is 0 Å². The van der Waals surface area contributed by atoms with E-state index >= 15 is 0 Å². The maximum Gasteiger partial charge on any atom is 0.435 e. The molecule has 2 aliphatic carbocycles. The summed E-state index contributed by atoms with van der Waals surface area (Å²) in [5.41, 5.74) is -0.695. The maximum atomic E-state index is 13.4. The van der Waals surface area contributed by atoms with Gasteiger partial charge in [0.15, 0.2) is 15.5 Å². The number of nitrogens with zero attached hydrogens (tertiary/aromatic N) is 3. The third kappa shape index (κ3) is 3.42. The van der Waals surface area contributed by atoms with Gasteiger partial charge in [-0.1, -0.05) is 11.6 Å². The Morgan fingerprint density at radius 1 is 1.19 bits per heavy atom. The highest BCUT2D eigenvalue weighted by molar-refractivity contribution is 7.92. The van der Waals surface area contributed by atoms with Crippen LogP contribution in [0.15, 0.2) is 17.7 Å². The zero-order valence-corrected chi connectivity index (χ0v) is 17.8. The predicted octanol–water partition coefficient (Wildman–Crippen LogP) is 3.58. The predicted molar refractivity (Wildman–Crippen MR) is 103 cm³/mol.